The summed E-state index contributed by atoms with van der Waals surface area (Å²) in [6.45, 7) is 3.69. The average molecular weight is 288 g/mol. The number of hydrogen-bond donors (Lipinski definition) is 2. The van der Waals surface area contributed by atoms with E-state index < -0.39 is 0 Å². The molecule has 1 aliphatic heterocycles. The van der Waals surface area contributed by atoms with Crippen molar-refractivity contribution in [2.75, 3.05) is 18.5 Å². The highest BCUT2D eigenvalue weighted by Gasteiger charge is 2.23. The van der Waals surface area contributed by atoms with Gasteiger partial charge in [0.2, 0.25) is 0 Å². The van der Waals surface area contributed by atoms with Gasteiger partial charge in [0.25, 0.3) is 5.56 Å². The number of aromatic nitrogens is 2. The highest BCUT2D eigenvalue weighted by atomic mass is 79.9. The lowest BCUT2D eigenvalue weighted by molar-refractivity contribution is 0.108. The summed E-state index contributed by atoms with van der Waals surface area (Å²) in [6.07, 6.45) is 2.94. The molecule has 1 aliphatic rings. The fourth-order valence-electron chi connectivity index (χ4n) is 1.79. The van der Waals surface area contributed by atoms with Crippen LogP contribution in [-0.4, -0.2) is 29.5 Å². The van der Waals surface area contributed by atoms with Gasteiger partial charge in [0.15, 0.2) is 0 Å². The zero-order valence-electron chi connectivity index (χ0n) is 9.00. The topological polar surface area (TPSA) is 67.0 Å². The van der Waals surface area contributed by atoms with Gasteiger partial charge in [-0.15, -0.1) is 0 Å². The molecule has 1 aromatic heterocycles. The van der Waals surface area contributed by atoms with Gasteiger partial charge < -0.3 is 10.1 Å². The molecule has 1 fully saturated rings. The van der Waals surface area contributed by atoms with Gasteiger partial charge in [-0.05, 0) is 29.3 Å². The molecule has 16 heavy (non-hydrogen) atoms. The van der Waals surface area contributed by atoms with Crippen molar-refractivity contribution in [3.05, 3.63) is 21.0 Å². The van der Waals surface area contributed by atoms with Crippen LogP contribution >= 0.6 is 15.9 Å². The molecule has 2 unspecified atom stereocenters. The first-order chi connectivity index (χ1) is 7.68. The molecule has 2 N–H and O–H groups in total. The number of aromatic amines is 1. The number of H-pyrrole nitrogens is 1. The Hall–Kier alpha value is -0.880. The largest absolute Gasteiger partial charge is 0.382 e. The normalized spacial score (nSPS) is 24.6. The van der Waals surface area contributed by atoms with Crippen LogP contribution in [0.5, 0.6) is 0 Å². The number of nitrogens with one attached hydrogen (secondary N) is 2. The fraction of sp³-hybridized carbons (Fsp3) is 0.600. The summed E-state index contributed by atoms with van der Waals surface area (Å²) < 4.78 is 5.97. The van der Waals surface area contributed by atoms with Gasteiger partial charge in [0.05, 0.1) is 18.0 Å². The Labute approximate surface area is 102 Å². The minimum atomic E-state index is -0.222. The summed E-state index contributed by atoms with van der Waals surface area (Å²) in [5.74, 6) is 0.492. The molecule has 2 atom stereocenters. The molecule has 5 nitrogen and oxygen atoms in total. The first-order valence-corrected chi connectivity index (χ1v) is 6.06. The lowest BCUT2D eigenvalue weighted by Crippen LogP contribution is -2.22. The second-order valence-electron chi connectivity index (χ2n) is 3.93. The third-order valence-electron chi connectivity index (χ3n) is 2.88. The molecule has 0 aliphatic carbocycles. The van der Waals surface area contributed by atoms with Gasteiger partial charge in [-0.2, -0.15) is 5.10 Å². The summed E-state index contributed by atoms with van der Waals surface area (Å²) >= 11 is 3.23. The molecule has 0 amide bonds. The number of halogens is 1. The van der Waals surface area contributed by atoms with Crippen molar-refractivity contribution < 1.29 is 4.74 Å². The second-order valence-corrected chi connectivity index (χ2v) is 4.73. The molecule has 0 aromatic carbocycles. The van der Waals surface area contributed by atoms with E-state index in [1.807, 2.05) is 0 Å². The van der Waals surface area contributed by atoms with Crippen LogP contribution in [0, 0.1) is 5.92 Å². The number of nitrogens with zero attached hydrogens (tertiary/aromatic N) is 1. The van der Waals surface area contributed by atoms with E-state index in [-0.39, 0.29) is 11.7 Å². The average Bonchev–Trinajstić information content (AvgIpc) is 2.67. The Bertz CT molecular complexity index is 421. The van der Waals surface area contributed by atoms with Crippen molar-refractivity contribution in [2.24, 2.45) is 5.92 Å². The SMILES string of the molecule is CC1OCCC1CNc1cn[nH]c(=O)c1Br. The van der Waals surface area contributed by atoms with Crippen LogP contribution in [0.1, 0.15) is 13.3 Å². The molecule has 1 aromatic rings. The van der Waals surface area contributed by atoms with Gasteiger partial charge in [-0.3, -0.25) is 4.79 Å². The Morgan fingerprint density at radius 1 is 1.75 bits per heavy atom. The zero-order chi connectivity index (χ0) is 11.5. The van der Waals surface area contributed by atoms with Gasteiger partial charge in [0.1, 0.15) is 4.47 Å². The van der Waals surface area contributed by atoms with Crippen LogP contribution in [0.3, 0.4) is 0 Å². The highest BCUT2D eigenvalue weighted by Crippen LogP contribution is 2.22. The highest BCUT2D eigenvalue weighted by molar-refractivity contribution is 9.10. The predicted octanol–water partition coefficient (Wildman–Crippen LogP) is 1.37. The van der Waals surface area contributed by atoms with E-state index in [1.54, 1.807) is 6.20 Å². The Balaban J connectivity index is 1.99. The summed E-state index contributed by atoms with van der Waals surface area (Å²) in [4.78, 5) is 11.3. The lowest BCUT2D eigenvalue weighted by Gasteiger charge is -2.15. The van der Waals surface area contributed by atoms with Crippen LogP contribution in [0.4, 0.5) is 5.69 Å². The Morgan fingerprint density at radius 2 is 2.56 bits per heavy atom. The van der Waals surface area contributed by atoms with Crippen molar-refractivity contribution in [1.82, 2.24) is 10.2 Å². The standard InChI is InChI=1S/C10H14BrN3O2/c1-6-7(2-3-16-6)4-12-8-5-13-14-10(15)9(8)11/h5-7H,2-4H2,1H3,(H2,12,14,15). The van der Waals surface area contributed by atoms with E-state index in [0.717, 1.165) is 25.3 Å². The maximum absolute atomic E-state index is 11.3. The predicted molar refractivity (Wildman–Crippen MR) is 64.6 cm³/mol. The first kappa shape index (κ1) is 11.6. The molecule has 6 heteroatoms. The van der Waals surface area contributed by atoms with Crippen molar-refractivity contribution in [2.45, 2.75) is 19.4 Å². The van der Waals surface area contributed by atoms with Crippen LogP contribution in [0.2, 0.25) is 0 Å². The molecule has 88 valence electrons. The van der Waals surface area contributed by atoms with E-state index in [4.69, 9.17) is 4.74 Å². The first-order valence-electron chi connectivity index (χ1n) is 5.27. The monoisotopic (exact) mass is 287 g/mol. The van der Waals surface area contributed by atoms with Crippen LogP contribution in [0.15, 0.2) is 15.5 Å². The minimum absolute atomic E-state index is 0.222. The van der Waals surface area contributed by atoms with E-state index in [0.29, 0.717) is 10.4 Å². The Kier molecular flexibility index (Phi) is 3.60. The van der Waals surface area contributed by atoms with Crippen LogP contribution < -0.4 is 10.9 Å². The van der Waals surface area contributed by atoms with Crippen molar-refractivity contribution in [3.8, 4) is 0 Å². The zero-order valence-corrected chi connectivity index (χ0v) is 10.6. The minimum Gasteiger partial charge on any atom is -0.382 e. The molecule has 2 heterocycles. The van der Waals surface area contributed by atoms with E-state index in [9.17, 15) is 4.79 Å². The molecular weight excluding hydrogens is 274 g/mol. The third-order valence-corrected chi connectivity index (χ3v) is 3.67. The van der Waals surface area contributed by atoms with Crippen molar-refractivity contribution in [1.29, 1.82) is 0 Å². The third kappa shape index (κ3) is 2.44. The van der Waals surface area contributed by atoms with Crippen molar-refractivity contribution in [3.63, 3.8) is 0 Å². The maximum atomic E-state index is 11.3. The summed E-state index contributed by atoms with van der Waals surface area (Å²) in [5, 5.41) is 9.32. The van der Waals surface area contributed by atoms with E-state index >= 15 is 0 Å². The summed E-state index contributed by atoms with van der Waals surface area (Å²) in [6, 6.07) is 0. The van der Waals surface area contributed by atoms with E-state index in [2.05, 4.69) is 38.4 Å². The maximum Gasteiger partial charge on any atom is 0.280 e. The smallest absolute Gasteiger partial charge is 0.280 e. The fourth-order valence-corrected chi connectivity index (χ4v) is 2.12. The lowest BCUT2D eigenvalue weighted by atomic mass is 10.0. The summed E-state index contributed by atoms with van der Waals surface area (Å²) in [7, 11) is 0. The number of anilines is 1. The van der Waals surface area contributed by atoms with Gasteiger partial charge >= 0.3 is 0 Å². The molecule has 1 saturated heterocycles. The van der Waals surface area contributed by atoms with Gasteiger partial charge in [-0.25, -0.2) is 5.10 Å². The molecular formula is C10H14BrN3O2. The van der Waals surface area contributed by atoms with Gasteiger partial charge in [0, 0.05) is 19.1 Å². The molecule has 0 saturated carbocycles. The van der Waals surface area contributed by atoms with Crippen molar-refractivity contribution >= 4 is 21.6 Å². The molecule has 0 spiro atoms. The van der Waals surface area contributed by atoms with E-state index in [1.165, 1.54) is 0 Å². The number of rotatable bonds is 3. The second kappa shape index (κ2) is 4.97. The molecule has 2 rings (SSSR count). The number of hydrogen-bond acceptors (Lipinski definition) is 4. The van der Waals surface area contributed by atoms with Gasteiger partial charge in [-0.1, -0.05) is 0 Å². The quantitative estimate of drug-likeness (QED) is 0.881. The van der Waals surface area contributed by atoms with Crippen LogP contribution in [-0.2, 0) is 4.74 Å². The summed E-state index contributed by atoms with van der Waals surface area (Å²) in [5.41, 5.74) is 0.503. The van der Waals surface area contributed by atoms with Crippen LogP contribution in [0.25, 0.3) is 0 Å². The number of ether oxygens (including phenoxy) is 1. The Morgan fingerprint density at radius 3 is 3.25 bits per heavy atom. The molecule has 0 bridgehead atoms. The molecule has 0 radical (unpaired) electrons.